The van der Waals surface area contributed by atoms with Crippen LogP contribution in [0.5, 0.6) is 5.75 Å². The number of fused-ring (bicyclic) bond motifs is 1. The first kappa shape index (κ1) is 23.2. The summed E-state index contributed by atoms with van der Waals surface area (Å²) in [5, 5.41) is 10.7. The summed E-state index contributed by atoms with van der Waals surface area (Å²) >= 11 is 0. The van der Waals surface area contributed by atoms with Crippen LogP contribution in [0.3, 0.4) is 0 Å². The lowest BCUT2D eigenvalue weighted by Crippen LogP contribution is -2.27. The zero-order chi connectivity index (χ0) is 25.2. The molecule has 0 unspecified atom stereocenters. The summed E-state index contributed by atoms with van der Waals surface area (Å²) < 4.78 is 16.8. The number of aromatic nitrogens is 3. The smallest absolute Gasteiger partial charge is 0.376 e. The van der Waals surface area contributed by atoms with Crippen molar-refractivity contribution in [1.82, 2.24) is 19.9 Å². The van der Waals surface area contributed by atoms with Gasteiger partial charge in [-0.25, -0.2) is 14.3 Å². The van der Waals surface area contributed by atoms with E-state index in [9.17, 15) is 9.59 Å². The van der Waals surface area contributed by atoms with Crippen molar-refractivity contribution in [2.45, 2.75) is 25.4 Å². The molecule has 36 heavy (non-hydrogen) atoms. The maximum atomic E-state index is 12.9. The Balaban J connectivity index is 1.53. The number of hydrogen-bond acceptors (Lipinski definition) is 9. The number of rotatable bonds is 9. The molecule has 1 saturated carbocycles. The summed E-state index contributed by atoms with van der Waals surface area (Å²) in [7, 11) is 4.84. The van der Waals surface area contributed by atoms with E-state index in [1.165, 1.54) is 24.1 Å². The fraction of sp³-hybridized carbons (Fsp3) is 0.280. The van der Waals surface area contributed by atoms with Gasteiger partial charge in [-0.2, -0.15) is 0 Å². The first-order valence-corrected chi connectivity index (χ1v) is 11.4. The Bertz CT molecular complexity index is 1410. The second-order valence-corrected chi connectivity index (χ2v) is 8.53. The number of nitrogens with zero attached hydrogens (tertiary/aromatic N) is 4. The van der Waals surface area contributed by atoms with Crippen molar-refractivity contribution in [3.8, 4) is 5.75 Å². The Morgan fingerprint density at radius 3 is 2.67 bits per heavy atom. The van der Waals surface area contributed by atoms with Crippen LogP contribution in [0.25, 0.3) is 5.65 Å². The summed E-state index contributed by atoms with van der Waals surface area (Å²) in [4.78, 5) is 31.5. The van der Waals surface area contributed by atoms with Crippen molar-refractivity contribution in [2.24, 2.45) is 0 Å². The minimum Gasteiger partial charge on any atom is -0.497 e. The molecular weight excluding hydrogens is 464 g/mol. The van der Waals surface area contributed by atoms with Crippen LogP contribution in [0.1, 0.15) is 39.4 Å². The molecular formula is C25H26N6O5. The lowest BCUT2D eigenvalue weighted by molar-refractivity contribution is 0.0566. The van der Waals surface area contributed by atoms with Gasteiger partial charge >= 0.3 is 5.97 Å². The number of anilines is 3. The van der Waals surface area contributed by atoms with E-state index < -0.39 is 5.97 Å². The van der Waals surface area contributed by atoms with Gasteiger partial charge in [-0.05, 0) is 30.5 Å². The normalized spacial score (nSPS) is 12.9. The molecule has 1 fully saturated rings. The van der Waals surface area contributed by atoms with Gasteiger partial charge in [0, 0.05) is 31.8 Å². The molecule has 11 heteroatoms. The number of furan rings is 1. The molecule has 1 aliphatic rings. The van der Waals surface area contributed by atoms with E-state index in [2.05, 4.69) is 20.7 Å². The fourth-order valence-corrected chi connectivity index (χ4v) is 3.82. The SMILES string of the molecule is COC(=O)c1occc1Nc1cc(N(C)Cc2ccc(OC)cc2)c2ncc(C(=O)NC3CC3)n2n1. The quantitative estimate of drug-likeness (QED) is 0.340. The van der Waals surface area contributed by atoms with Gasteiger partial charge in [-0.15, -0.1) is 5.10 Å². The van der Waals surface area contributed by atoms with E-state index in [1.54, 1.807) is 13.2 Å². The monoisotopic (exact) mass is 490 g/mol. The Labute approximate surface area is 207 Å². The lowest BCUT2D eigenvalue weighted by atomic mass is 10.2. The summed E-state index contributed by atoms with van der Waals surface area (Å²) in [6.07, 6.45) is 4.84. The van der Waals surface area contributed by atoms with Crippen molar-refractivity contribution in [2.75, 3.05) is 31.5 Å². The minimum atomic E-state index is -0.618. The predicted molar refractivity (Wildman–Crippen MR) is 132 cm³/mol. The first-order valence-electron chi connectivity index (χ1n) is 11.4. The van der Waals surface area contributed by atoms with Gasteiger partial charge in [-0.1, -0.05) is 12.1 Å². The zero-order valence-corrected chi connectivity index (χ0v) is 20.1. The van der Waals surface area contributed by atoms with Crippen LogP contribution in [0.4, 0.5) is 17.2 Å². The van der Waals surface area contributed by atoms with Crippen LogP contribution in [-0.4, -0.2) is 53.8 Å². The molecule has 0 radical (unpaired) electrons. The summed E-state index contributed by atoms with van der Waals surface area (Å²) in [6, 6.07) is 11.4. The number of carbonyl (C=O) groups is 2. The van der Waals surface area contributed by atoms with Crippen LogP contribution in [0.15, 0.2) is 53.3 Å². The molecule has 1 aromatic carbocycles. The second kappa shape index (κ2) is 9.61. The Hall–Kier alpha value is -4.54. The van der Waals surface area contributed by atoms with Crippen molar-refractivity contribution in [3.63, 3.8) is 0 Å². The molecule has 4 aromatic rings. The molecule has 0 saturated heterocycles. The van der Waals surface area contributed by atoms with Crippen LogP contribution in [0.2, 0.25) is 0 Å². The third-order valence-electron chi connectivity index (χ3n) is 5.88. The highest BCUT2D eigenvalue weighted by atomic mass is 16.5. The molecule has 0 bridgehead atoms. The largest absolute Gasteiger partial charge is 0.497 e. The van der Waals surface area contributed by atoms with Crippen LogP contribution in [-0.2, 0) is 11.3 Å². The predicted octanol–water partition coefficient (Wildman–Crippen LogP) is 3.39. The van der Waals surface area contributed by atoms with Gasteiger partial charge in [-0.3, -0.25) is 4.79 Å². The van der Waals surface area contributed by atoms with Gasteiger partial charge < -0.3 is 29.4 Å². The third kappa shape index (κ3) is 4.67. The van der Waals surface area contributed by atoms with Gasteiger partial charge in [0.2, 0.25) is 5.76 Å². The number of amides is 1. The lowest BCUT2D eigenvalue weighted by Gasteiger charge is -2.21. The molecule has 5 rings (SSSR count). The van der Waals surface area contributed by atoms with Gasteiger partial charge in [0.05, 0.1) is 38.1 Å². The topological polar surface area (TPSA) is 123 Å². The van der Waals surface area contributed by atoms with Crippen LogP contribution in [0, 0.1) is 0 Å². The molecule has 0 spiro atoms. The van der Waals surface area contributed by atoms with Crippen molar-refractivity contribution in [1.29, 1.82) is 0 Å². The van der Waals surface area contributed by atoms with E-state index in [4.69, 9.17) is 13.9 Å². The molecule has 0 atom stereocenters. The van der Waals surface area contributed by atoms with Gasteiger partial charge in [0.1, 0.15) is 5.75 Å². The van der Waals surface area contributed by atoms with E-state index in [0.29, 0.717) is 29.4 Å². The minimum absolute atomic E-state index is 0.0184. The van der Waals surface area contributed by atoms with E-state index >= 15 is 0 Å². The number of benzene rings is 1. The van der Waals surface area contributed by atoms with E-state index in [-0.39, 0.29) is 17.7 Å². The number of nitrogens with one attached hydrogen (secondary N) is 2. The zero-order valence-electron chi connectivity index (χ0n) is 20.1. The number of ether oxygens (including phenoxy) is 2. The van der Waals surface area contributed by atoms with Gasteiger partial charge in [0.15, 0.2) is 17.2 Å². The number of methoxy groups -OCH3 is 2. The average molecular weight is 491 g/mol. The van der Waals surface area contributed by atoms with Crippen molar-refractivity contribution >= 4 is 34.7 Å². The maximum Gasteiger partial charge on any atom is 0.376 e. The third-order valence-corrected chi connectivity index (χ3v) is 5.88. The summed E-state index contributed by atoms with van der Waals surface area (Å²) in [6.45, 7) is 0.568. The fourth-order valence-electron chi connectivity index (χ4n) is 3.82. The molecule has 11 nitrogen and oxygen atoms in total. The average Bonchev–Trinajstić information content (AvgIpc) is 3.40. The van der Waals surface area contributed by atoms with Crippen LogP contribution < -0.4 is 20.3 Å². The molecule has 1 amide bonds. The van der Waals surface area contributed by atoms with Crippen molar-refractivity contribution in [3.05, 3.63) is 65.9 Å². The molecule has 186 valence electrons. The Morgan fingerprint density at radius 2 is 1.97 bits per heavy atom. The molecule has 1 aliphatic carbocycles. The van der Waals surface area contributed by atoms with Crippen molar-refractivity contribution < 1.29 is 23.5 Å². The highest BCUT2D eigenvalue weighted by molar-refractivity contribution is 5.95. The van der Waals surface area contributed by atoms with Gasteiger partial charge in [0.25, 0.3) is 5.91 Å². The highest BCUT2D eigenvalue weighted by Crippen LogP contribution is 2.29. The number of hydrogen-bond donors (Lipinski definition) is 2. The van der Waals surface area contributed by atoms with Crippen LogP contribution >= 0.6 is 0 Å². The Morgan fingerprint density at radius 1 is 1.19 bits per heavy atom. The number of esters is 1. The summed E-state index contributed by atoms with van der Waals surface area (Å²) in [5.74, 6) is 0.332. The first-order chi connectivity index (χ1) is 17.5. The standard InChI is InChI=1S/C25H26N6O5/c1-30(14-15-4-8-17(34-2)9-5-15)19-12-21(28-18-10-11-36-22(18)25(33)35-3)29-31-20(13-26-23(19)31)24(32)27-16-6-7-16/h4-5,8-13,16H,6-7,14H2,1-3H3,(H,27,32)(H,28,29). The second-order valence-electron chi connectivity index (χ2n) is 8.53. The maximum absolute atomic E-state index is 12.9. The summed E-state index contributed by atoms with van der Waals surface area (Å²) in [5.41, 5.74) is 3.03. The number of carbonyl (C=O) groups excluding carboxylic acids is 2. The molecule has 3 heterocycles. The molecule has 3 aromatic heterocycles. The highest BCUT2D eigenvalue weighted by Gasteiger charge is 2.27. The molecule has 0 aliphatic heterocycles. The van der Waals surface area contributed by atoms with E-state index in [1.807, 2.05) is 42.3 Å². The number of imidazole rings is 1. The van der Waals surface area contributed by atoms with E-state index in [0.717, 1.165) is 29.8 Å². The molecule has 2 N–H and O–H groups in total. The Kier molecular flexibility index (Phi) is 6.19.